The minimum Gasteiger partial charge on any atom is -0.366 e. The first-order chi connectivity index (χ1) is 9.26. The topological polar surface area (TPSA) is 58.4 Å². The number of nitrogens with one attached hydrogen (secondary N) is 1. The Morgan fingerprint density at radius 3 is 2.84 bits per heavy atom. The maximum Gasteiger partial charge on any atom is 0.203 e. The van der Waals surface area contributed by atoms with E-state index < -0.39 is 0 Å². The van der Waals surface area contributed by atoms with E-state index in [0.29, 0.717) is 0 Å². The van der Waals surface area contributed by atoms with Gasteiger partial charge in [-0.05, 0) is 26.4 Å². The van der Waals surface area contributed by atoms with Crippen LogP contribution in [0.25, 0.3) is 5.65 Å². The lowest BCUT2D eigenvalue weighted by atomic mass is 10.4. The van der Waals surface area contributed by atoms with E-state index >= 15 is 0 Å². The van der Waals surface area contributed by atoms with Gasteiger partial charge in [-0.3, -0.25) is 4.40 Å². The van der Waals surface area contributed by atoms with Crippen LogP contribution in [-0.4, -0.2) is 50.7 Å². The Balaban J connectivity index is 1.98. The van der Waals surface area contributed by atoms with Crippen molar-refractivity contribution in [3.8, 4) is 0 Å². The molecule has 19 heavy (non-hydrogen) atoms. The summed E-state index contributed by atoms with van der Waals surface area (Å²) in [6, 6.07) is 0. The third kappa shape index (κ3) is 3.20. The van der Waals surface area contributed by atoms with Gasteiger partial charge in [0.1, 0.15) is 5.82 Å². The van der Waals surface area contributed by atoms with Crippen molar-refractivity contribution in [1.82, 2.24) is 24.5 Å². The molecule has 0 bridgehead atoms. The normalized spacial score (nSPS) is 11.4. The van der Waals surface area contributed by atoms with Crippen molar-refractivity contribution in [2.24, 2.45) is 0 Å². The molecule has 2 aromatic heterocycles. The monoisotopic (exact) mass is 262 g/mol. The van der Waals surface area contributed by atoms with Crippen molar-refractivity contribution in [2.75, 3.05) is 31.5 Å². The lowest BCUT2D eigenvalue weighted by Crippen LogP contribution is -2.29. The van der Waals surface area contributed by atoms with E-state index in [4.69, 9.17) is 0 Å². The summed E-state index contributed by atoms with van der Waals surface area (Å²) in [5.41, 5.74) is 0.790. The average Bonchev–Trinajstić information content (AvgIpc) is 2.80. The van der Waals surface area contributed by atoms with Gasteiger partial charge in [0.15, 0.2) is 5.82 Å². The number of anilines is 1. The summed E-state index contributed by atoms with van der Waals surface area (Å²) in [5, 5.41) is 11.6. The average molecular weight is 262 g/mol. The SMILES string of the molecule is CCCN(CC)CCNc1nccn2c(C)nnc12. The number of aromatic nitrogens is 4. The molecule has 2 aromatic rings. The third-order valence-corrected chi connectivity index (χ3v) is 3.20. The molecule has 0 atom stereocenters. The fourth-order valence-corrected chi connectivity index (χ4v) is 2.14. The van der Waals surface area contributed by atoms with Crippen LogP contribution < -0.4 is 5.32 Å². The summed E-state index contributed by atoms with van der Waals surface area (Å²) in [7, 11) is 0. The first kappa shape index (κ1) is 13.7. The summed E-state index contributed by atoms with van der Waals surface area (Å²) in [6.45, 7) is 10.4. The van der Waals surface area contributed by atoms with Gasteiger partial charge in [-0.2, -0.15) is 0 Å². The number of fused-ring (bicyclic) bond motifs is 1. The molecule has 2 heterocycles. The second-order valence-electron chi connectivity index (χ2n) is 4.58. The van der Waals surface area contributed by atoms with Gasteiger partial charge in [0.2, 0.25) is 5.65 Å². The number of likely N-dealkylation sites (N-methyl/N-ethyl adjacent to an activating group) is 1. The summed E-state index contributed by atoms with van der Waals surface area (Å²) in [4.78, 5) is 6.75. The molecule has 2 rings (SSSR count). The number of aryl methyl sites for hydroxylation is 1. The van der Waals surface area contributed by atoms with Gasteiger partial charge in [0.05, 0.1) is 0 Å². The molecule has 6 heteroatoms. The molecule has 104 valence electrons. The van der Waals surface area contributed by atoms with Crippen LogP contribution in [-0.2, 0) is 0 Å². The van der Waals surface area contributed by atoms with Gasteiger partial charge in [-0.1, -0.05) is 13.8 Å². The molecule has 0 unspecified atom stereocenters. The smallest absolute Gasteiger partial charge is 0.203 e. The largest absolute Gasteiger partial charge is 0.366 e. The van der Waals surface area contributed by atoms with E-state index in [2.05, 4.69) is 39.2 Å². The van der Waals surface area contributed by atoms with Crippen molar-refractivity contribution in [2.45, 2.75) is 27.2 Å². The van der Waals surface area contributed by atoms with E-state index in [1.54, 1.807) is 6.20 Å². The molecule has 1 N–H and O–H groups in total. The highest BCUT2D eigenvalue weighted by molar-refractivity contribution is 5.61. The molecule has 0 aliphatic heterocycles. The van der Waals surface area contributed by atoms with Crippen LogP contribution in [0.5, 0.6) is 0 Å². The van der Waals surface area contributed by atoms with E-state index in [9.17, 15) is 0 Å². The molecule has 0 fully saturated rings. The van der Waals surface area contributed by atoms with Crippen molar-refractivity contribution >= 4 is 11.5 Å². The Morgan fingerprint density at radius 1 is 1.26 bits per heavy atom. The molecule has 0 spiro atoms. The molecular formula is C13H22N6. The number of nitrogens with zero attached hydrogens (tertiary/aromatic N) is 5. The second-order valence-corrected chi connectivity index (χ2v) is 4.58. The predicted molar refractivity (Wildman–Crippen MR) is 76.4 cm³/mol. The Morgan fingerprint density at radius 2 is 2.11 bits per heavy atom. The zero-order chi connectivity index (χ0) is 13.7. The lowest BCUT2D eigenvalue weighted by molar-refractivity contribution is 0.300. The molecule has 0 amide bonds. The lowest BCUT2D eigenvalue weighted by Gasteiger charge is -2.19. The van der Waals surface area contributed by atoms with Crippen LogP contribution in [0.1, 0.15) is 26.1 Å². The van der Waals surface area contributed by atoms with Crippen LogP contribution in [0.4, 0.5) is 5.82 Å². The van der Waals surface area contributed by atoms with Crippen LogP contribution in [0.2, 0.25) is 0 Å². The Bertz CT molecular complexity index is 521. The molecule has 0 aliphatic carbocycles. The third-order valence-electron chi connectivity index (χ3n) is 3.20. The fraction of sp³-hybridized carbons (Fsp3) is 0.615. The first-order valence-electron chi connectivity index (χ1n) is 6.88. The molecule has 0 saturated carbocycles. The van der Waals surface area contributed by atoms with Gasteiger partial charge in [0.25, 0.3) is 0 Å². The highest BCUT2D eigenvalue weighted by Crippen LogP contribution is 2.11. The van der Waals surface area contributed by atoms with Crippen molar-refractivity contribution in [3.05, 3.63) is 18.2 Å². The van der Waals surface area contributed by atoms with E-state index in [-0.39, 0.29) is 0 Å². The van der Waals surface area contributed by atoms with Crippen molar-refractivity contribution < 1.29 is 0 Å². The van der Waals surface area contributed by atoms with Crippen LogP contribution >= 0.6 is 0 Å². The molecule has 0 radical (unpaired) electrons. The van der Waals surface area contributed by atoms with Crippen molar-refractivity contribution in [3.63, 3.8) is 0 Å². The van der Waals surface area contributed by atoms with E-state index in [1.165, 1.54) is 6.42 Å². The van der Waals surface area contributed by atoms with Gasteiger partial charge >= 0.3 is 0 Å². The van der Waals surface area contributed by atoms with Crippen molar-refractivity contribution in [1.29, 1.82) is 0 Å². The summed E-state index contributed by atoms with van der Waals surface area (Å²) in [5.74, 6) is 1.68. The molecule has 0 saturated heterocycles. The highest BCUT2D eigenvalue weighted by Gasteiger charge is 2.07. The van der Waals surface area contributed by atoms with Gasteiger partial charge in [-0.15, -0.1) is 10.2 Å². The quantitative estimate of drug-likeness (QED) is 0.821. The van der Waals surface area contributed by atoms with Crippen LogP contribution in [0.15, 0.2) is 12.4 Å². The van der Waals surface area contributed by atoms with Gasteiger partial charge < -0.3 is 10.2 Å². The van der Waals surface area contributed by atoms with Gasteiger partial charge in [0, 0.05) is 25.5 Å². The molecule has 0 aromatic carbocycles. The highest BCUT2D eigenvalue weighted by atomic mass is 15.3. The minimum absolute atomic E-state index is 0.790. The summed E-state index contributed by atoms with van der Waals surface area (Å²) < 4.78 is 1.94. The van der Waals surface area contributed by atoms with Crippen LogP contribution in [0.3, 0.4) is 0 Å². The standard InChI is InChI=1S/C13H22N6/c1-4-8-18(5-2)9-6-14-12-13-17-16-11(3)19(13)10-7-15-12/h7,10H,4-6,8-9H2,1-3H3,(H,14,15). The fourth-order valence-electron chi connectivity index (χ4n) is 2.14. The zero-order valence-corrected chi connectivity index (χ0v) is 11.9. The Kier molecular flexibility index (Phi) is 4.68. The van der Waals surface area contributed by atoms with Crippen LogP contribution in [0, 0.1) is 6.92 Å². The maximum absolute atomic E-state index is 4.34. The zero-order valence-electron chi connectivity index (χ0n) is 11.9. The van der Waals surface area contributed by atoms with E-state index in [1.807, 2.05) is 17.5 Å². The number of hydrogen-bond donors (Lipinski definition) is 1. The summed E-state index contributed by atoms with van der Waals surface area (Å²) >= 11 is 0. The Labute approximate surface area is 113 Å². The molecular weight excluding hydrogens is 240 g/mol. The summed E-state index contributed by atoms with van der Waals surface area (Å²) in [6.07, 6.45) is 4.84. The minimum atomic E-state index is 0.790. The van der Waals surface area contributed by atoms with Gasteiger partial charge in [-0.25, -0.2) is 4.98 Å². The number of hydrogen-bond acceptors (Lipinski definition) is 5. The Hall–Kier alpha value is -1.69. The first-order valence-corrected chi connectivity index (χ1v) is 6.88. The molecule has 0 aliphatic rings. The number of rotatable bonds is 7. The molecule has 6 nitrogen and oxygen atoms in total. The predicted octanol–water partition coefficient (Wildman–Crippen LogP) is 1.58. The van der Waals surface area contributed by atoms with E-state index in [0.717, 1.165) is 43.5 Å². The second kappa shape index (κ2) is 6.47. The maximum atomic E-state index is 4.34.